The number of aromatic hydroxyl groups is 1. The standard InChI is InChI=1S/C22H29NO3/c1-3-12-23-13-11-22(25,15-18-9-7-17(2)8-10-18)21(16-23)26-20-6-4-5-19(24)14-20/h4-10,14,21,24-25H,3,11-13,15-16H2,1-2H3. The molecule has 4 nitrogen and oxygen atoms in total. The van der Waals surface area contributed by atoms with Gasteiger partial charge in [-0.2, -0.15) is 0 Å². The zero-order valence-corrected chi connectivity index (χ0v) is 15.7. The largest absolute Gasteiger partial charge is 0.508 e. The van der Waals surface area contributed by atoms with E-state index in [1.54, 1.807) is 18.2 Å². The van der Waals surface area contributed by atoms with Crippen LogP contribution in [0, 0.1) is 6.92 Å². The Labute approximate surface area is 156 Å². The van der Waals surface area contributed by atoms with Gasteiger partial charge in [0.15, 0.2) is 0 Å². The molecule has 1 heterocycles. The molecule has 2 atom stereocenters. The maximum absolute atomic E-state index is 11.5. The first-order valence-corrected chi connectivity index (χ1v) is 9.44. The molecule has 0 bridgehead atoms. The van der Waals surface area contributed by atoms with Crippen molar-refractivity contribution in [2.45, 2.75) is 44.8 Å². The Balaban J connectivity index is 1.81. The summed E-state index contributed by atoms with van der Waals surface area (Å²) in [7, 11) is 0. The molecule has 1 aliphatic rings. The van der Waals surface area contributed by atoms with E-state index < -0.39 is 5.60 Å². The van der Waals surface area contributed by atoms with E-state index in [4.69, 9.17) is 4.74 Å². The molecule has 0 saturated carbocycles. The number of phenols is 1. The molecule has 26 heavy (non-hydrogen) atoms. The number of rotatable bonds is 6. The van der Waals surface area contributed by atoms with Crippen LogP contribution >= 0.6 is 0 Å². The number of aliphatic hydroxyl groups is 1. The molecule has 2 N–H and O–H groups in total. The number of hydrogen-bond acceptors (Lipinski definition) is 4. The van der Waals surface area contributed by atoms with Crippen molar-refractivity contribution >= 4 is 0 Å². The molecule has 140 valence electrons. The Morgan fingerprint density at radius 2 is 1.96 bits per heavy atom. The summed E-state index contributed by atoms with van der Waals surface area (Å²) in [6, 6.07) is 15.1. The molecule has 0 spiro atoms. The number of ether oxygens (including phenoxy) is 1. The maximum Gasteiger partial charge on any atom is 0.140 e. The summed E-state index contributed by atoms with van der Waals surface area (Å²) in [5.41, 5.74) is 1.41. The van der Waals surface area contributed by atoms with Crippen LogP contribution in [-0.2, 0) is 6.42 Å². The van der Waals surface area contributed by atoms with Gasteiger partial charge in [0.1, 0.15) is 23.2 Å². The number of piperidine rings is 1. The van der Waals surface area contributed by atoms with E-state index in [1.807, 2.05) is 6.07 Å². The van der Waals surface area contributed by atoms with Gasteiger partial charge in [0.25, 0.3) is 0 Å². The van der Waals surface area contributed by atoms with Gasteiger partial charge in [-0.3, -0.25) is 4.90 Å². The van der Waals surface area contributed by atoms with E-state index in [0.717, 1.165) is 25.1 Å². The molecule has 0 radical (unpaired) electrons. The number of likely N-dealkylation sites (tertiary alicyclic amines) is 1. The third-order valence-electron chi connectivity index (χ3n) is 5.15. The fourth-order valence-electron chi connectivity index (χ4n) is 3.66. The minimum absolute atomic E-state index is 0.172. The third kappa shape index (κ3) is 4.57. The summed E-state index contributed by atoms with van der Waals surface area (Å²) < 4.78 is 6.17. The van der Waals surface area contributed by atoms with Crippen LogP contribution in [0.1, 0.15) is 30.9 Å². The van der Waals surface area contributed by atoms with E-state index in [0.29, 0.717) is 25.1 Å². The van der Waals surface area contributed by atoms with Crippen molar-refractivity contribution in [2.75, 3.05) is 19.6 Å². The lowest BCUT2D eigenvalue weighted by Gasteiger charge is -2.44. The van der Waals surface area contributed by atoms with Crippen LogP contribution in [0.5, 0.6) is 11.5 Å². The summed E-state index contributed by atoms with van der Waals surface area (Å²) in [6.45, 7) is 6.79. The molecule has 0 aromatic heterocycles. The number of phenolic OH excluding ortho intramolecular Hbond substituents is 1. The monoisotopic (exact) mass is 355 g/mol. The number of benzene rings is 2. The summed E-state index contributed by atoms with van der Waals surface area (Å²) in [4.78, 5) is 2.34. The van der Waals surface area contributed by atoms with E-state index in [9.17, 15) is 10.2 Å². The van der Waals surface area contributed by atoms with Gasteiger partial charge in [0, 0.05) is 25.6 Å². The van der Waals surface area contributed by atoms with Crippen LogP contribution in [0.2, 0.25) is 0 Å². The van der Waals surface area contributed by atoms with Gasteiger partial charge < -0.3 is 14.9 Å². The summed E-state index contributed by atoms with van der Waals surface area (Å²) in [6.07, 6.45) is 1.97. The van der Waals surface area contributed by atoms with Gasteiger partial charge in [-0.25, -0.2) is 0 Å². The van der Waals surface area contributed by atoms with Crippen LogP contribution in [0.25, 0.3) is 0 Å². The van der Waals surface area contributed by atoms with Crippen molar-refractivity contribution in [3.05, 3.63) is 59.7 Å². The van der Waals surface area contributed by atoms with Gasteiger partial charge >= 0.3 is 0 Å². The first kappa shape index (κ1) is 18.7. The molecule has 3 rings (SSSR count). The number of aryl methyl sites for hydroxylation is 1. The summed E-state index contributed by atoms with van der Waals surface area (Å²) in [5, 5.41) is 21.2. The first-order valence-electron chi connectivity index (χ1n) is 9.44. The van der Waals surface area contributed by atoms with Gasteiger partial charge in [0.2, 0.25) is 0 Å². The number of nitrogens with zero attached hydrogens (tertiary/aromatic N) is 1. The van der Waals surface area contributed by atoms with E-state index in [1.165, 1.54) is 5.56 Å². The van der Waals surface area contributed by atoms with Crippen molar-refractivity contribution in [3.63, 3.8) is 0 Å². The Morgan fingerprint density at radius 1 is 1.19 bits per heavy atom. The molecular formula is C22H29NO3. The van der Waals surface area contributed by atoms with Crippen molar-refractivity contribution in [1.82, 2.24) is 4.90 Å². The summed E-state index contributed by atoms with van der Waals surface area (Å²) in [5.74, 6) is 0.765. The first-order chi connectivity index (χ1) is 12.5. The fraction of sp³-hybridized carbons (Fsp3) is 0.455. The molecule has 1 fully saturated rings. The Hall–Kier alpha value is -2.04. The van der Waals surface area contributed by atoms with Crippen molar-refractivity contribution in [3.8, 4) is 11.5 Å². The second-order valence-electron chi connectivity index (χ2n) is 7.42. The molecular weight excluding hydrogens is 326 g/mol. The minimum Gasteiger partial charge on any atom is -0.508 e. The predicted octanol–water partition coefficient (Wildman–Crippen LogP) is 3.54. The minimum atomic E-state index is -0.926. The van der Waals surface area contributed by atoms with Crippen LogP contribution in [-0.4, -0.2) is 46.5 Å². The lowest BCUT2D eigenvalue weighted by Crippen LogP contribution is -2.59. The van der Waals surface area contributed by atoms with Gasteiger partial charge in [-0.1, -0.05) is 42.8 Å². The van der Waals surface area contributed by atoms with Crippen molar-refractivity contribution < 1.29 is 14.9 Å². The Bertz CT molecular complexity index is 716. The highest BCUT2D eigenvalue weighted by atomic mass is 16.5. The fourth-order valence-corrected chi connectivity index (χ4v) is 3.66. The lowest BCUT2D eigenvalue weighted by molar-refractivity contribution is -0.106. The van der Waals surface area contributed by atoms with Gasteiger partial charge in [-0.15, -0.1) is 0 Å². The predicted molar refractivity (Wildman–Crippen MR) is 104 cm³/mol. The lowest BCUT2D eigenvalue weighted by atomic mass is 9.82. The summed E-state index contributed by atoms with van der Waals surface area (Å²) >= 11 is 0. The average molecular weight is 355 g/mol. The van der Waals surface area contributed by atoms with Crippen LogP contribution in [0.4, 0.5) is 0 Å². The topological polar surface area (TPSA) is 52.9 Å². The van der Waals surface area contributed by atoms with Gasteiger partial charge in [0.05, 0.1) is 0 Å². The van der Waals surface area contributed by atoms with Crippen molar-refractivity contribution in [1.29, 1.82) is 0 Å². The van der Waals surface area contributed by atoms with Crippen LogP contribution < -0.4 is 4.74 Å². The molecule has 2 aromatic rings. The maximum atomic E-state index is 11.5. The van der Waals surface area contributed by atoms with Gasteiger partial charge in [-0.05, 0) is 44.0 Å². The molecule has 1 saturated heterocycles. The quantitative estimate of drug-likeness (QED) is 0.832. The van der Waals surface area contributed by atoms with Crippen LogP contribution in [0.3, 0.4) is 0 Å². The molecule has 0 amide bonds. The molecule has 1 aliphatic heterocycles. The second kappa shape index (κ2) is 8.11. The second-order valence-corrected chi connectivity index (χ2v) is 7.42. The molecule has 2 aromatic carbocycles. The molecule has 0 aliphatic carbocycles. The Kier molecular flexibility index (Phi) is 5.84. The highest BCUT2D eigenvalue weighted by Gasteiger charge is 2.43. The van der Waals surface area contributed by atoms with Crippen molar-refractivity contribution in [2.24, 2.45) is 0 Å². The normalized spacial score (nSPS) is 23.7. The highest BCUT2D eigenvalue weighted by molar-refractivity contribution is 5.32. The van der Waals surface area contributed by atoms with E-state index in [2.05, 4.69) is 43.0 Å². The zero-order chi connectivity index (χ0) is 18.6. The third-order valence-corrected chi connectivity index (χ3v) is 5.15. The average Bonchev–Trinajstić information content (AvgIpc) is 2.61. The molecule has 2 unspecified atom stereocenters. The highest BCUT2D eigenvalue weighted by Crippen LogP contribution is 2.31. The van der Waals surface area contributed by atoms with Crippen LogP contribution in [0.15, 0.2) is 48.5 Å². The Morgan fingerprint density at radius 3 is 2.65 bits per heavy atom. The molecule has 4 heteroatoms. The SMILES string of the molecule is CCCN1CCC(O)(Cc2ccc(C)cc2)C(Oc2cccc(O)c2)C1. The number of hydrogen-bond donors (Lipinski definition) is 2. The zero-order valence-electron chi connectivity index (χ0n) is 15.7. The van der Waals surface area contributed by atoms with E-state index >= 15 is 0 Å². The van der Waals surface area contributed by atoms with E-state index in [-0.39, 0.29) is 11.9 Å². The smallest absolute Gasteiger partial charge is 0.140 e.